The lowest BCUT2D eigenvalue weighted by atomic mass is 10.2. The summed E-state index contributed by atoms with van der Waals surface area (Å²) in [6.45, 7) is 4.58. The Morgan fingerprint density at radius 3 is 2.39 bits per heavy atom. The molecule has 23 heavy (non-hydrogen) atoms. The van der Waals surface area contributed by atoms with Gasteiger partial charge in [0.05, 0.1) is 0 Å². The molecule has 120 valence electrons. The lowest BCUT2D eigenvalue weighted by Gasteiger charge is -2.08. The van der Waals surface area contributed by atoms with Gasteiger partial charge in [0.1, 0.15) is 11.4 Å². The van der Waals surface area contributed by atoms with Gasteiger partial charge in [0.2, 0.25) is 0 Å². The lowest BCUT2D eigenvalue weighted by Crippen LogP contribution is -2.28. The van der Waals surface area contributed by atoms with Crippen molar-refractivity contribution in [1.82, 2.24) is 10.3 Å². The molecule has 0 spiro atoms. The molecule has 1 aromatic carbocycles. The predicted molar refractivity (Wildman–Crippen MR) is 93.5 cm³/mol. The number of carbonyl (C=O) groups excluding carboxylic acids is 2. The summed E-state index contributed by atoms with van der Waals surface area (Å²) in [6, 6.07) is 12.1. The number of nitrogens with zero attached hydrogens (tertiary/aromatic N) is 1. The number of carbonyl (C=O) groups is 2. The highest BCUT2D eigenvalue weighted by Gasteiger charge is 2.12. The summed E-state index contributed by atoms with van der Waals surface area (Å²) in [7, 11) is 0. The molecule has 1 heterocycles. The van der Waals surface area contributed by atoms with Crippen LogP contribution < -0.4 is 10.6 Å². The van der Waals surface area contributed by atoms with Crippen molar-refractivity contribution < 1.29 is 9.59 Å². The average Bonchev–Trinajstić information content (AvgIpc) is 2.52. The third-order valence-corrected chi connectivity index (χ3v) is 3.46. The van der Waals surface area contributed by atoms with E-state index in [1.165, 1.54) is 0 Å². The molecule has 2 amide bonds. The van der Waals surface area contributed by atoms with Gasteiger partial charge in [0, 0.05) is 16.7 Å². The zero-order valence-electron chi connectivity index (χ0n) is 13.0. The van der Waals surface area contributed by atoms with E-state index >= 15 is 0 Å². The van der Waals surface area contributed by atoms with E-state index in [0.717, 1.165) is 4.47 Å². The molecular weight excluding hydrogens is 358 g/mol. The van der Waals surface area contributed by atoms with Gasteiger partial charge in [-0.15, -0.1) is 0 Å². The molecule has 2 aromatic rings. The van der Waals surface area contributed by atoms with Crippen molar-refractivity contribution in [2.45, 2.75) is 13.8 Å². The molecule has 6 heteroatoms. The molecule has 0 saturated heterocycles. The highest BCUT2D eigenvalue weighted by Crippen LogP contribution is 2.16. The van der Waals surface area contributed by atoms with Gasteiger partial charge in [-0.25, -0.2) is 4.98 Å². The minimum absolute atomic E-state index is 0.196. The average molecular weight is 376 g/mol. The predicted octanol–water partition coefficient (Wildman–Crippen LogP) is 3.48. The number of hydrogen-bond acceptors (Lipinski definition) is 3. The Balaban J connectivity index is 2.09. The summed E-state index contributed by atoms with van der Waals surface area (Å²) in [6.07, 6.45) is 0. The number of anilines is 1. The van der Waals surface area contributed by atoms with Crippen LogP contribution in [0.2, 0.25) is 0 Å². The molecule has 0 aliphatic heterocycles. The van der Waals surface area contributed by atoms with Crippen molar-refractivity contribution in [3.63, 3.8) is 0 Å². The van der Waals surface area contributed by atoms with Crippen molar-refractivity contribution in [2.75, 3.05) is 11.9 Å². The highest BCUT2D eigenvalue weighted by molar-refractivity contribution is 9.10. The first-order valence-electron chi connectivity index (χ1n) is 7.28. The quantitative estimate of drug-likeness (QED) is 0.839. The van der Waals surface area contributed by atoms with E-state index in [4.69, 9.17) is 0 Å². The Bertz CT molecular complexity index is 716. The summed E-state index contributed by atoms with van der Waals surface area (Å²) >= 11 is 3.35. The zero-order valence-corrected chi connectivity index (χ0v) is 14.6. The van der Waals surface area contributed by atoms with Crippen LogP contribution in [0.5, 0.6) is 0 Å². The Morgan fingerprint density at radius 1 is 1.09 bits per heavy atom. The maximum atomic E-state index is 12.2. The van der Waals surface area contributed by atoms with Crippen molar-refractivity contribution in [3.05, 3.63) is 58.3 Å². The van der Waals surface area contributed by atoms with Crippen molar-refractivity contribution in [2.24, 2.45) is 5.92 Å². The lowest BCUT2D eigenvalue weighted by molar-refractivity contribution is 0.0944. The summed E-state index contributed by atoms with van der Waals surface area (Å²) in [4.78, 5) is 28.4. The molecule has 5 nitrogen and oxygen atoms in total. The molecule has 0 atom stereocenters. The molecule has 1 aromatic heterocycles. The van der Waals surface area contributed by atoms with Crippen LogP contribution in [0.1, 0.15) is 34.8 Å². The molecule has 0 saturated carbocycles. The molecule has 0 radical (unpaired) electrons. The second-order valence-electron chi connectivity index (χ2n) is 5.48. The SMILES string of the molecule is CC(C)CNC(=O)c1cccc(C(=O)Nc2cccc(Br)c2)n1. The fourth-order valence-electron chi connectivity index (χ4n) is 1.84. The van der Waals surface area contributed by atoms with E-state index in [-0.39, 0.29) is 23.2 Å². The van der Waals surface area contributed by atoms with Crippen molar-refractivity contribution in [1.29, 1.82) is 0 Å². The molecular formula is C17H18BrN3O2. The second-order valence-corrected chi connectivity index (χ2v) is 6.39. The van der Waals surface area contributed by atoms with Crippen molar-refractivity contribution in [3.8, 4) is 0 Å². The molecule has 0 aliphatic carbocycles. The van der Waals surface area contributed by atoms with Gasteiger partial charge < -0.3 is 10.6 Å². The Labute approximate surface area is 143 Å². The largest absolute Gasteiger partial charge is 0.350 e. The summed E-state index contributed by atoms with van der Waals surface area (Å²) < 4.78 is 0.866. The van der Waals surface area contributed by atoms with E-state index in [1.807, 2.05) is 26.0 Å². The van der Waals surface area contributed by atoms with E-state index in [2.05, 4.69) is 31.5 Å². The fraction of sp³-hybridized carbons (Fsp3) is 0.235. The Morgan fingerprint density at radius 2 is 1.74 bits per heavy atom. The van der Waals surface area contributed by atoms with E-state index in [0.29, 0.717) is 18.2 Å². The van der Waals surface area contributed by atoms with Crippen LogP contribution in [0.25, 0.3) is 0 Å². The van der Waals surface area contributed by atoms with Gasteiger partial charge in [-0.3, -0.25) is 9.59 Å². The maximum Gasteiger partial charge on any atom is 0.274 e. The number of hydrogen-bond donors (Lipinski definition) is 2. The number of nitrogens with one attached hydrogen (secondary N) is 2. The highest BCUT2D eigenvalue weighted by atomic mass is 79.9. The number of pyridine rings is 1. The molecule has 0 unspecified atom stereocenters. The van der Waals surface area contributed by atoms with Gasteiger partial charge in [0.15, 0.2) is 0 Å². The molecule has 0 fully saturated rings. The Hall–Kier alpha value is -2.21. The minimum Gasteiger partial charge on any atom is -0.350 e. The fourth-order valence-corrected chi connectivity index (χ4v) is 2.24. The Kier molecular flexibility index (Phi) is 5.87. The molecule has 0 aliphatic rings. The molecule has 2 rings (SSSR count). The van der Waals surface area contributed by atoms with Crippen LogP contribution >= 0.6 is 15.9 Å². The zero-order chi connectivity index (χ0) is 16.8. The topological polar surface area (TPSA) is 71.1 Å². The van der Waals surface area contributed by atoms with Crippen LogP contribution in [-0.2, 0) is 0 Å². The van der Waals surface area contributed by atoms with Crippen LogP contribution in [0.3, 0.4) is 0 Å². The standard InChI is InChI=1S/C17H18BrN3O2/c1-11(2)10-19-16(22)14-7-4-8-15(21-14)17(23)20-13-6-3-5-12(18)9-13/h3-9,11H,10H2,1-2H3,(H,19,22)(H,20,23). The normalized spacial score (nSPS) is 10.4. The van der Waals surface area contributed by atoms with Gasteiger partial charge in [-0.1, -0.05) is 41.9 Å². The first-order valence-corrected chi connectivity index (χ1v) is 8.07. The maximum absolute atomic E-state index is 12.2. The summed E-state index contributed by atoms with van der Waals surface area (Å²) in [5, 5.41) is 5.53. The van der Waals surface area contributed by atoms with Crippen molar-refractivity contribution >= 4 is 33.4 Å². The monoisotopic (exact) mass is 375 g/mol. The summed E-state index contributed by atoms with van der Waals surface area (Å²) in [5.74, 6) is -0.292. The first-order chi connectivity index (χ1) is 11.0. The van der Waals surface area contributed by atoms with Gasteiger partial charge in [0.25, 0.3) is 11.8 Å². The van der Waals surface area contributed by atoms with Crippen LogP contribution in [0.15, 0.2) is 46.9 Å². The molecule has 0 bridgehead atoms. The first kappa shape index (κ1) is 17.1. The van der Waals surface area contributed by atoms with Crippen LogP contribution in [-0.4, -0.2) is 23.3 Å². The van der Waals surface area contributed by atoms with E-state index < -0.39 is 0 Å². The van der Waals surface area contributed by atoms with Gasteiger partial charge in [-0.05, 0) is 36.2 Å². The second kappa shape index (κ2) is 7.87. The number of rotatable bonds is 5. The van der Waals surface area contributed by atoms with E-state index in [1.54, 1.807) is 30.3 Å². The smallest absolute Gasteiger partial charge is 0.274 e. The number of aromatic nitrogens is 1. The minimum atomic E-state index is -0.360. The van der Waals surface area contributed by atoms with Gasteiger partial charge >= 0.3 is 0 Å². The van der Waals surface area contributed by atoms with Crippen LogP contribution in [0.4, 0.5) is 5.69 Å². The third-order valence-electron chi connectivity index (χ3n) is 2.97. The number of amides is 2. The molecule has 2 N–H and O–H groups in total. The van der Waals surface area contributed by atoms with E-state index in [9.17, 15) is 9.59 Å². The number of halogens is 1. The van der Waals surface area contributed by atoms with Gasteiger partial charge in [-0.2, -0.15) is 0 Å². The van der Waals surface area contributed by atoms with Crippen LogP contribution in [0, 0.1) is 5.92 Å². The number of benzene rings is 1. The summed E-state index contributed by atoms with van der Waals surface area (Å²) in [5.41, 5.74) is 1.08. The third kappa shape index (κ3) is 5.17.